The standard InChI is InChI=1S/C14H21NO/c1-5-11(2)10-15-12(3)13-7-6-8-14(9-13)16-4/h6-9,12,15H,2,5,10H2,1,3-4H3/t12-/m1/s1. The van der Waals surface area contributed by atoms with E-state index in [-0.39, 0.29) is 0 Å². The van der Waals surface area contributed by atoms with Crippen LogP contribution in [-0.2, 0) is 0 Å². The second-order valence-corrected chi connectivity index (χ2v) is 3.98. The van der Waals surface area contributed by atoms with Crippen molar-refractivity contribution < 1.29 is 4.74 Å². The zero-order valence-electron chi connectivity index (χ0n) is 10.4. The molecule has 0 aliphatic rings. The van der Waals surface area contributed by atoms with Crippen LogP contribution in [-0.4, -0.2) is 13.7 Å². The highest BCUT2D eigenvalue weighted by molar-refractivity contribution is 5.30. The van der Waals surface area contributed by atoms with Gasteiger partial charge in [-0.25, -0.2) is 0 Å². The van der Waals surface area contributed by atoms with Crippen molar-refractivity contribution in [2.45, 2.75) is 26.3 Å². The lowest BCUT2D eigenvalue weighted by Crippen LogP contribution is -2.20. The minimum absolute atomic E-state index is 0.318. The Morgan fingerprint density at radius 3 is 2.88 bits per heavy atom. The van der Waals surface area contributed by atoms with Gasteiger partial charge in [-0.15, -0.1) is 0 Å². The third-order valence-electron chi connectivity index (χ3n) is 2.75. The molecule has 0 unspecified atom stereocenters. The van der Waals surface area contributed by atoms with Crippen LogP contribution in [0.1, 0.15) is 31.9 Å². The first-order chi connectivity index (χ1) is 7.67. The van der Waals surface area contributed by atoms with Gasteiger partial charge in [0.25, 0.3) is 0 Å². The third-order valence-corrected chi connectivity index (χ3v) is 2.75. The summed E-state index contributed by atoms with van der Waals surface area (Å²) in [6.07, 6.45) is 1.03. The van der Waals surface area contributed by atoms with Crippen molar-refractivity contribution in [3.05, 3.63) is 42.0 Å². The summed E-state index contributed by atoms with van der Waals surface area (Å²) in [5.74, 6) is 0.903. The lowest BCUT2D eigenvalue weighted by molar-refractivity contribution is 0.413. The highest BCUT2D eigenvalue weighted by Crippen LogP contribution is 2.18. The monoisotopic (exact) mass is 219 g/mol. The zero-order valence-corrected chi connectivity index (χ0v) is 10.4. The van der Waals surface area contributed by atoms with Crippen molar-refractivity contribution in [3.8, 4) is 5.75 Å². The van der Waals surface area contributed by atoms with Gasteiger partial charge in [-0.2, -0.15) is 0 Å². The Morgan fingerprint density at radius 2 is 2.25 bits per heavy atom. The molecule has 0 heterocycles. The van der Waals surface area contributed by atoms with Crippen LogP contribution in [0.25, 0.3) is 0 Å². The Bertz CT molecular complexity index is 346. The first-order valence-corrected chi connectivity index (χ1v) is 5.71. The van der Waals surface area contributed by atoms with Crippen molar-refractivity contribution in [1.82, 2.24) is 5.32 Å². The largest absolute Gasteiger partial charge is 0.497 e. The van der Waals surface area contributed by atoms with E-state index in [9.17, 15) is 0 Å². The van der Waals surface area contributed by atoms with Crippen LogP contribution in [0, 0.1) is 0 Å². The van der Waals surface area contributed by atoms with E-state index in [0.717, 1.165) is 18.7 Å². The Morgan fingerprint density at radius 1 is 1.50 bits per heavy atom. The van der Waals surface area contributed by atoms with E-state index >= 15 is 0 Å². The molecule has 0 aliphatic heterocycles. The highest BCUT2D eigenvalue weighted by Gasteiger charge is 2.05. The SMILES string of the molecule is C=C(CC)CN[C@H](C)c1cccc(OC)c1. The van der Waals surface area contributed by atoms with Crippen LogP contribution in [0.2, 0.25) is 0 Å². The summed E-state index contributed by atoms with van der Waals surface area (Å²) in [6, 6.07) is 8.46. The number of hydrogen-bond donors (Lipinski definition) is 1. The molecule has 2 heteroatoms. The summed E-state index contributed by atoms with van der Waals surface area (Å²) in [4.78, 5) is 0. The van der Waals surface area contributed by atoms with Gasteiger partial charge in [-0.05, 0) is 31.0 Å². The maximum Gasteiger partial charge on any atom is 0.119 e. The maximum absolute atomic E-state index is 5.21. The van der Waals surface area contributed by atoms with Crippen LogP contribution in [0.4, 0.5) is 0 Å². The van der Waals surface area contributed by atoms with Gasteiger partial charge in [0, 0.05) is 12.6 Å². The zero-order chi connectivity index (χ0) is 12.0. The summed E-state index contributed by atoms with van der Waals surface area (Å²) in [5, 5.41) is 3.45. The van der Waals surface area contributed by atoms with Gasteiger partial charge in [0.15, 0.2) is 0 Å². The predicted molar refractivity (Wildman–Crippen MR) is 68.8 cm³/mol. The molecule has 1 rings (SSSR count). The van der Waals surface area contributed by atoms with Crippen LogP contribution < -0.4 is 10.1 Å². The molecule has 16 heavy (non-hydrogen) atoms. The van der Waals surface area contributed by atoms with Crippen LogP contribution in [0.3, 0.4) is 0 Å². The number of benzene rings is 1. The molecule has 0 bridgehead atoms. The molecule has 0 radical (unpaired) electrons. The second kappa shape index (κ2) is 6.33. The molecule has 1 aromatic carbocycles. The Labute approximate surface area is 98.3 Å². The fraction of sp³-hybridized carbons (Fsp3) is 0.429. The van der Waals surface area contributed by atoms with E-state index in [0.29, 0.717) is 6.04 Å². The molecule has 1 atom stereocenters. The quantitative estimate of drug-likeness (QED) is 0.741. The third kappa shape index (κ3) is 3.70. The van der Waals surface area contributed by atoms with Crippen molar-refractivity contribution in [2.24, 2.45) is 0 Å². The molecule has 0 aromatic heterocycles. The molecule has 0 saturated heterocycles. The minimum Gasteiger partial charge on any atom is -0.497 e. The molecular formula is C14H21NO. The van der Waals surface area contributed by atoms with Crippen molar-refractivity contribution in [1.29, 1.82) is 0 Å². The van der Waals surface area contributed by atoms with Gasteiger partial charge >= 0.3 is 0 Å². The van der Waals surface area contributed by atoms with Crippen LogP contribution >= 0.6 is 0 Å². The summed E-state index contributed by atoms with van der Waals surface area (Å²) in [6.45, 7) is 9.13. The molecule has 88 valence electrons. The molecule has 0 aliphatic carbocycles. The smallest absolute Gasteiger partial charge is 0.119 e. The van der Waals surface area contributed by atoms with Gasteiger partial charge in [0.05, 0.1) is 7.11 Å². The second-order valence-electron chi connectivity index (χ2n) is 3.98. The van der Waals surface area contributed by atoms with E-state index in [1.807, 2.05) is 12.1 Å². The molecule has 0 saturated carbocycles. The van der Waals surface area contributed by atoms with Gasteiger partial charge in [-0.1, -0.05) is 31.2 Å². The molecule has 2 nitrogen and oxygen atoms in total. The molecule has 0 fully saturated rings. The maximum atomic E-state index is 5.21. The van der Waals surface area contributed by atoms with Crippen molar-refractivity contribution >= 4 is 0 Å². The fourth-order valence-electron chi connectivity index (χ4n) is 1.45. The topological polar surface area (TPSA) is 21.3 Å². The van der Waals surface area contributed by atoms with E-state index in [1.54, 1.807) is 7.11 Å². The number of ether oxygens (including phenoxy) is 1. The molecule has 1 N–H and O–H groups in total. The van der Waals surface area contributed by atoms with Gasteiger partial charge in [0.2, 0.25) is 0 Å². The van der Waals surface area contributed by atoms with Crippen LogP contribution in [0.5, 0.6) is 5.75 Å². The minimum atomic E-state index is 0.318. The Balaban J connectivity index is 2.58. The van der Waals surface area contributed by atoms with Gasteiger partial charge in [-0.3, -0.25) is 0 Å². The number of hydrogen-bond acceptors (Lipinski definition) is 2. The Hall–Kier alpha value is -1.28. The van der Waals surface area contributed by atoms with Crippen molar-refractivity contribution in [3.63, 3.8) is 0 Å². The van der Waals surface area contributed by atoms with Gasteiger partial charge in [0.1, 0.15) is 5.75 Å². The first kappa shape index (κ1) is 12.8. The first-order valence-electron chi connectivity index (χ1n) is 5.71. The fourth-order valence-corrected chi connectivity index (χ4v) is 1.45. The number of methoxy groups -OCH3 is 1. The van der Waals surface area contributed by atoms with Gasteiger partial charge < -0.3 is 10.1 Å². The Kier molecular flexibility index (Phi) is 5.06. The lowest BCUT2D eigenvalue weighted by atomic mass is 10.1. The summed E-state index contributed by atoms with van der Waals surface area (Å²) in [5.41, 5.74) is 2.47. The van der Waals surface area contributed by atoms with E-state index in [1.165, 1.54) is 11.1 Å². The summed E-state index contributed by atoms with van der Waals surface area (Å²) in [7, 11) is 1.69. The highest BCUT2D eigenvalue weighted by atomic mass is 16.5. The van der Waals surface area contributed by atoms with Crippen molar-refractivity contribution in [2.75, 3.05) is 13.7 Å². The van der Waals surface area contributed by atoms with Crippen LogP contribution in [0.15, 0.2) is 36.4 Å². The normalized spacial score (nSPS) is 12.2. The average Bonchev–Trinajstić information content (AvgIpc) is 2.35. The lowest BCUT2D eigenvalue weighted by Gasteiger charge is -2.15. The predicted octanol–water partition coefficient (Wildman–Crippen LogP) is 3.31. The number of rotatable bonds is 6. The summed E-state index contributed by atoms with van der Waals surface area (Å²) < 4.78 is 5.21. The average molecular weight is 219 g/mol. The summed E-state index contributed by atoms with van der Waals surface area (Å²) >= 11 is 0. The van der Waals surface area contributed by atoms with E-state index < -0.39 is 0 Å². The number of nitrogens with one attached hydrogen (secondary N) is 1. The molecule has 0 amide bonds. The molecular weight excluding hydrogens is 198 g/mol. The van der Waals surface area contributed by atoms with E-state index in [2.05, 4.69) is 37.9 Å². The van der Waals surface area contributed by atoms with E-state index in [4.69, 9.17) is 4.74 Å². The molecule has 1 aromatic rings. The molecule has 0 spiro atoms.